The predicted octanol–water partition coefficient (Wildman–Crippen LogP) is 4.76. The maximum absolute atomic E-state index is 13.2. The summed E-state index contributed by atoms with van der Waals surface area (Å²) in [5.41, 5.74) is 1.75. The van der Waals surface area contributed by atoms with Crippen LogP contribution in [0.2, 0.25) is 0 Å². The fourth-order valence-corrected chi connectivity index (χ4v) is 4.05. The van der Waals surface area contributed by atoms with Crippen LogP contribution in [0.15, 0.2) is 53.2 Å². The minimum atomic E-state index is -0.327. The van der Waals surface area contributed by atoms with Crippen LogP contribution in [0.1, 0.15) is 16.2 Å². The minimum Gasteiger partial charge on any atom is -0.305 e. The number of thiazole rings is 1. The molecule has 8 heteroatoms. The van der Waals surface area contributed by atoms with Gasteiger partial charge in [-0.3, -0.25) is 4.79 Å². The number of hydrogen-bond donors (Lipinski definition) is 1. The number of carbonyl (C=O) groups excluding carboxylic acids is 1. The number of aryl methyl sites for hydroxylation is 1. The molecular formula is C18H13FN4OS2. The molecule has 0 atom stereocenters. The summed E-state index contributed by atoms with van der Waals surface area (Å²) in [4.78, 5) is 18.0. The van der Waals surface area contributed by atoms with Crippen LogP contribution in [-0.4, -0.2) is 20.7 Å². The number of nitrogens with one attached hydrogen (secondary N) is 1. The molecule has 0 aliphatic carbocycles. The molecule has 4 aromatic rings. The van der Waals surface area contributed by atoms with Crippen molar-refractivity contribution in [2.45, 2.75) is 6.92 Å². The van der Waals surface area contributed by atoms with Gasteiger partial charge >= 0.3 is 0 Å². The van der Waals surface area contributed by atoms with Crippen molar-refractivity contribution in [3.63, 3.8) is 0 Å². The van der Waals surface area contributed by atoms with Gasteiger partial charge in [0.2, 0.25) is 0 Å². The van der Waals surface area contributed by atoms with Crippen molar-refractivity contribution < 1.29 is 9.18 Å². The fraction of sp³-hybridized carbons (Fsp3) is 0.0556. The SMILES string of the molecule is Cc1cc(NC(=O)c2csc(-c3cccs3)n2)n(-c2ccc(F)cc2)n1. The first-order chi connectivity index (χ1) is 12.6. The summed E-state index contributed by atoms with van der Waals surface area (Å²) in [6.45, 7) is 1.83. The van der Waals surface area contributed by atoms with E-state index in [-0.39, 0.29) is 11.7 Å². The third-order valence-electron chi connectivity index (χ3n) is 3.61. The zero-order valence-corrected chi connectivity index (χ0v) is 15.3. The number of amides is 1. The second kappa shape index (κ2) is 6.81. The summed E-state index contributed by atoms with van der Waals surface area (Å²) in [5, 5.41) is 11.7. The number of rotatable bonds is 4. The monoisotopic (exact) mass is 384 g/mol. The van der Waals surface area contributed by atoms with Gasteiger partial charge in [0.15, 0.2) is 0 Å². The molecule has 0 bridgehead atoms. The highest BCUT2D eigenvalue weighted by atomic mass is 32.1. The lowest BCUT2D eigenvalue weighted by Gasteiger charge is -2.08. The topological polar surface area (TPSA) is 59.8 Å². The van der Waals surface area contributed by atoms with E-state index in [0.717, 1.165) is 15.6 Å². The van der Waals surface area contributed by atoms with Gasteiger partial charge in [0.05, 0.1) is 16.3 Å². The van der Waals surface area contributed by atoms with Crippen LogP contribution in [-0.2, 0) is 0 Å². The summed E-state index contributed by atoms with van der Waals surface area (Å²) in [6, 6.07) is 11.6. The van der Waals surface area contributed by atoms with Crippen molar-refractivity contribution in [3.05, 3.63) is 70.4 Å². The van der Waals surface area contributed by atoms with Crippen LogP contribution in [0.5, 0.6) is 0 Å². The van der Waals surface area contributed by atoms with Gasteiger partial charge in [0, 0.05) is 11.4 Å². The molecule has 0 unspecified atom stereocenters. The van der Waals surface area contributed by atoms with Crippen molar-refractivity contribution in [3.8, 4) is 15.6 Å². The number of benzene rings is 1. The lowest BCUT2D eigenvalue weighted by molar-refractivity contribution is 0.102. The average Bonchev–Trinajstić information content (AvgIpc) is 3.35. The van der Waals surface area contributed by atoms with Gasteiger partial charge < -0.3 is 5.32 Å². The standard InChI is InChI=1S/C18H13FN4OS2/c1-11-9-16(23(22-11)13-6-4-12(19)5-7-13)21-17(24)14-10-26-18(20-14)15-3-2-8-25-15/h2-10H,1H3,(H,21,24). The van der Waals surface area contributed by atoms with Gasteiger partial charge in [-0.15, -0.1) is 22.7 Å². The highest BCUT2D eigenvalue weighted by Crippen LogP contribution is 2.28. The van der Waals surface area contributed by atoms with Crippen LogP contribution in [0.25, 0.3) is 15.6 Å². The average molecular weight is 384 g/mol. The fourth-order valence-electron chi connectivity index (χ4n) is 2.44. The summed E-state index contributed by atoms with van der Waals surface area (Å²) in [7, 11) is 0. The highest BCUT2D eigenvalue weighted by molar-refractivity contribution is 7.20. The molecule has 0 saturated heterocycles. The van der Waals surface area contributed by atoms with Gasteiger partial charge in [-0.1, -0.05) is 6.07 Å². The first kappa shape index (κ1) is 16.6. The Kier molecular flexibility index (Phi) is 4.36. The largest absolute Gasteiger partial charge is 0.305 e. The Morgan fingerprint density at radius 3 is 2.73 bits per heavy atom. The van der Waals surface area contributed by atoms with Crippen LogP contribution < -0.4 is 5.32 Å². The number of anilines is 1. The molecule has 1 N–H and O–H groups in total. The maximum atomic E-state index is 13.2. The van der Waals surface area contributed by atoms with E-state index in [4.69, 9.17) is 0 Å². The van der Waals surface area contributed by atoms with Crippen LogP contribution in [0.4, 0.5) is 10.2 Å². The number of nitrogens with zero attached hydrogens (tertiary/aromatic N) is 3. The Morgan fingerprint density at radius 2 is 2.00 bits per heavy atom. The molecule has 26 heavy (non-hydrogen) atoms. The number of halogens is 1. The Morgan fingerprint density at radius 1 is 1.19 bits per heavy atom. The summed E-state index contributed by atoms with van der Waals surface area (Å²) < 4.78 is 14.7. The van der Waals surface area contributed by atoms with E-state index in [2.05, 4.69) is 15.4 Å². The summed E-state index contributed by atoms with van der Waals surface area (Å²) >= 11 is 3.01. The maximum Gasteiger partial charge on any atom is 0.276 e. The molecule has 1 amide bonds. The molecule has 130 valence electrons. The zero-order valence-electron chi connectivity index (χ0n) is 13.6. The molecular weight excluding hydrogens is 371 g/mol. The Hall–Kier alpha value is -2.84. The summed E-state index contributed by atoms with van der Waals surface area (Å²) in [6.07, 6.45) is 0. The quantitative estimate of drug-likeness (QED) is 0.552. The molecule has 0 aliphatic heterocycles. The Balaban J connectivity index is 1.59. The van der Waals surface area contributed by atoms with E-state index < -0.39 is 0 Å². The van der Waals surface area contributed by atoms with Gasteiger partial charge in [-0.25, -0.2) is 14.1 Å². The first-order valence-corrected chi connectivity index (χ1v) is 9.49. The third-order valence-corrected chi connectivity index (χ3v) is 5.49. The summed E-state index contributed by atoms with van der Waals surface area (Å²) in [5.74, 6) is -0.135. The minimum absolute atomic E-state index is 0.313. The van der Waals surface area contributed by atoms with Crippen LogP contribution in [0, 0.1) is 12.7 Å². The van der Waals surface area contributed by atoms with E-state index in [1.165, 1.54) is 23.5 Å². The second-order valence-electron chi connectivity index (χ2n) is 5.53. The molecule has 3 aromatic heterocycles. The molecule has 0 aliphatic rings. The predicted molar refractivity (Wildman–Crippen MR) is 102 cm³/mol. The molecule has 5 nitrogen and oxygen atoms in total. The van der Waals surface area contributed by atoms with Gasteiger partial charge in [0.1, 0.15) is 22.3 Å². The van der Waals surface area contributed by atoms with Crippen molar-refractivity contribution in [2.24, 2.45) is 0 Å². The third kappa shape index (κ3) is 3.29. The van der Waals surface area contributed by atoms with Crippen molar-refractivity contribution in [1.82, 2.24) is 14.8 Å². The number of thiophene rings is 1. The Bertz CT molecular complexity index is 1050. The number of aromatic nitrogens is 3. The van der Waals surface area contributed by atoms with E-state index in [9.17, 15) is 9.18 Å². The van der Waals surface area contributed by atoms with Crippen molar-refractivity contribution in [2.75, 3.05) is 5.32 Å². The van der Waals surface area contributed by atoms with Gasteiger partial charge in [-0.05, 0) is 42.6 Å². The molecule has 3 heterocycles. The van der Waals surface area contributed by atoms with Crippen LogP contribution in [0.3, 0.4) is 0 Å². The number of carbonyl (C=O) groups is 1. The molecule has 0 fully saturated rings. The highest BCUT2D eigenvalue weighted by Gasteiger charge is 2.16. The van der Waals surface area contributed by atoms with Crippen LogP contribution >= 0.6 is 22.7 Å². The molecule has 1 aromatic carbocycles. The zero-order chi connectivity index (χ0) is 18.1. The van der Waals surface area contributed by atoms with E-state index in [1.54, 1.807) is 39.6 Å². The van der Waals surface area contributed by atoms with E-state index >= 15 is 0 Å². The Labute approximate surface area is 156 Å². The van der Waals surface area contributed by atoms with Gasteiger partial charge in [-0.2, -0.15) is 5.10 Å². The van der Waals surface area contributed by atoms with Gasteiger partial charge in [0.25, 0.3) is 5.91 Å². The lowest BCUT2D eigenvalue weighted by atomic mass is 10.3. The molecule has 0 radical (unpaired) electrons. The molecule has 4 rings (SSSR count). The lowest BCUT2D eigenvalue weighted by Crippen LogP contribution is -2.15. The van der Waals surface area contributed by atoms with Crippen molar-refractivity contribution in [1.29, 1.82) is 0 Å². The first-order valence-electron chi connectivity index (χ1n) is 7.73. The smallest absolute Gasteiger partial charge is 0.276 e. The second-order valence-corrected chi connectivity index (χ2v) is 7.33. The normalized spacial score (nSPS) is 10.8. The van der Waals surface area contributed by atoms with E-state index in [1.807, 2.05) is 24.4 Å². The number of hydrogen-bond acceptors (Lipinski definition) is 5. The van der Waals surface area contributed by atoms with E-state index in [0.29, 0.717) is 17.2 Å². The van der Waals surface area contributed by atoms with Crippen molar-refractivity contribution >= 4 is 34.4 Å². The molecule has 0 spiro atoms. The molecule has 0 saturated carbocycles.